The van der Waals surface area contributed by atoms with Crippen molar-refractivity contribution in [2.75, 3.05) is 7.11 Å². The van der Waals surface area contributed by atoms with Crippen molar-refractivity contribution in [3.8, 4) is 5.75 Å². The first kappa shape index (κ1) is 17.0. The number of hydroxylamine groups is 1. The topological polar surface area (TPSA) is 47.6 Å². The molecule has 3 rings (SSSR count). The number of benzene rings is 3. The zero-order chi connectivity index (χ0) is 17.6. The third-order valence-electron chi connectivity index (χ3n) is 4.22. The molecule has 0 aliphatic carbocycles. The summed E-state index contributed by atoms with van der Waals surface area (Å²) in [5.74, 6) is 0.353. The van der Waals surface area contributed by atoms with Crippen LogP contribution in [0.15, 0.2) is 66.7 Å². The predicted molar refractivity (Wildman–Crippen MR) is 98.3 cm³/mol. The summed E-state index contributed by atoms with van der Waals surface area (Å²) >= 11 is 0. The second-order valence-electron chi connectivity index (χ2n) is 5.93. The predicted octanol–water partition coefficient (Wildman–Crippen LogP) is 4.20. The van der Waals surface area contributed by atoms with Gasteiger partial charge in [-0.2, -0.15) is 0 Å². The Morgan fingerprint density at radius 1 is 1.00 bits per heavy atom. The van der Waals surface area contributed by atoms with Crippen LogP contribution >= 0.6 is 0 Å². The number of amides is 1. The lowest BCUT2D eigenvalue weighted by atomic mass is 9.97. The number of methoxy groups -OCH3 is 1. The van der Waals surface area contributed by atoms with E-state index in [9.17, 15) is 4.79 Å². The Hall–Kier alpha value is -2.85. The van der Waals surface area contributed by atoms with Crippen LogP contribution in [0.1, 0.15) is 24.0 Å². The molecule has 4 heteroatoms. The van der Waals surface area contributed by atoms with E-state index < -0.39 is 0 Å². The number of hydrogen-bond acceptors (Lipinski definition) is 3. The maximum atomic E-state index is 12.3. The van der Waals surface area contributed by atoms with Gasteiger partial charge < -0.3 is 4.74 Å². The van der Waals surface area contributed by atoms with Crippen LogP contribution in [0.3, 0.4) is 0 Å². The van der Waals surface area contributed by atoms with E-state index in [2.05, 4.69) is 5.48 Å². The van der Waals surface area contributed by atoms with Crippen molar-refractivity contribution < 1.29 is 14.4 Å². The average Bonchev–Trinajstić information content (AvgIpc) is 2.67. The second kappa shape index (κ2) is 7.81. The summed E-state index contributed by atoms with van der Waals surface area (Å²) in [6.07, 6.45) is 0. The molecule has 3 aromatic carbocycles. The van der Waals surface area contributed by atoms with Crippen molar-refractivity contribution in [1.82, 2.24) is 5.48 Å². The molecule has 0 saturated heterocycles. The van der Waals surface area contributed by atoms with Gasteiger partial charge in [0.25, 0.3) is 5.91 Å². The molecule has 4 nitrogen and oxygen atoms in total. The summed E-state index contributed by atoms with van der Waals surface area (Å²) < 4.78 is 5.24. The van der Waals surface area contributed by atoms with Crippen molar-refractivity contribution in [1.29, 1.82) is 0 Å². The Morgan fingerprint density at radius 2 is 1.72 bits per heavy atom. The van der Waals surface area contributed by atoms with Crippen LogP contribution in [0, 0.1) is 0 Å². The lowest BCUT2D eigenvalue weighted by molar-refractivity contribution is -0.135. The van der Waals surface area contributed by atoms with Crippen LogP contribution in [0.5, 0.6) is 5.75 Å². The molecule has 0 heterocycles. The Balaban J connectivity index is 1.64. The minimum atomic E-state index is -0.303. The molecule has 0 bridgehead atoms. The normalized spacial score (nSPS) is 11.9. The molecular formula is C21H21NO3. The van der Waals surface area contributed by atoms with Crippen molar-refractivity contribution in [3.63, 3.8) is 0 Å². The lowest BCUT2D eigenvalue weighted by Gasteiger charge is -2.13. The molecule has 1 N–H and O–H groups in total. The van der Waals surface area contributed by atoms with Crippen LogP contribution in [0.25, 0.3) is 10.8 Å². The van der Waals surface area contributed by atoms with E-state index in [1.807, 2.05) is 73.7 Å². The maximum absolute atomic E-state index is 12.3. The van der Waals surface area contributed by atoms with Crippen molar-refractivity contribution >= 4 is 16.7 Å². The fourth-order valence-corrected chi connectivity index (χ4v) is 2.64. The van der Waals surface area contributed by atoms with E-state index in [4.69, 9.17) is 9.57 Å². The van der Waals surface area contributed by atoms with Gasteiger partial charge in [0, 0.05) is 0 Å². The summed E-state index contributed by atoms with van der Waals surface area (Å²) in [4.78, 5) is 17.6. The van der Waals surface area contributed by atoms with Crippen molar-refractivity contribution in [3.05, 3.63) is 77.9 Å². The number of nitrogens with one attached hydrogen (secondary N) is 1. The summed E-state index contributed by atoms with van der Waals surface area (Å²) in [7, 11) is 1.65. The first-order chi connectivity index (χ1) is 12.2. The summed E-state index contributed by atoms with van der Waals surface area (Å²) in [6, 6.07) is 21.6. The van der Waals surface area contributed by atoms with Gasteiger partial charge in [0.05, 0.1) is 19.6 Å². The zero-order valence-corrected chi connectivity index (χ0v) is 14.4. The maximum Gasteiger partial charge on any atom is 0.250 e. The Bertz CT molecular complexity index is 861. The van der Waals surface area contributed by atoms with Gasteiger partial charge >= 0.3 is 0 Å². The highest BCUT2D eigenvalue weighted by molar-refractivity contribution is 5.88. The van der Waals surface area contributed by atoms with Crippen LogP contribution in [0.2, 0.25) is 0 Å². The van der Waals surface area contributed by atoms with Gasteiger partial charge in [-0.15, -0.1) is 0 Å². The molecule has 1 atom stereocenters. The Labute approximate surface area is 147 Å². The average molecular weight is 335 g/mol. The first-order valence-corrected chi connectivity index (χ1v) is 8.20. The molecule has 0 aliphatic rings. The molecular weight excluding hydrogens is 314 g/mol. The van der Waals surface area contributed by atoms with Crippen LogP contribution in [-0.4, -0.2) is 13.0 Å². The highest BCUT2D eigenvalue weighted by atomic mass is 16.6. The molecule has 128 valence electrons. The number of carbonyl (C=O) groups is 1. The molecule has 0 radical (unpaired) electrons. The standard InChI is InChI=1S/C21H21NO3/c1-15(21(23)22-25-14-16-6-4-3-5-7-16)17-8-9-19-13-20(24-2)11-10-18(19)12-17/h3-13,15H,14H2,1-2H3,(H,22,23)/t15-/m1/s1. The largest absolute Gasteiger partial charge is 0.497 e. The summed E-state index contributed by atoms with van der Waals surface area (Å²) in [5, 5.41) is 2.15. The quantitative estimate of drug-likeness (QED) is 0.687. The molecule has 25 heavy (non-hydrogen) atoms. The molecule has 0 fully saturated rings. The SMILES string of the molecule is COc1ccc2cc([C@@H](C)C(=O)NOCc3ccccc3)ccc2c1. The summed E-state index contributed by atoms with van der Waals surface area (Å²) in [5.41, 5.74) is 4.49. The molecule has 0 aliphatic heterocycles. The summed E-state index contributed by atoms with van der Waals surface area (Å²) in [6.45, 7) is 2.21. The molecule has 0 aromatic heterocycles. The van der Waals surface area contributed by atoms with E-state index in [-0.39, 0.29) is 11.8 Å². The molecule has 0 unspecified atom stereocenters. The lowest BCUT2D eigenvalue weighted by Crippen LogP contribution is -2.28. The smallest absolute Gasteiger partial charge is 0.250 e. The minimum Gasteiger partial charge on any atom is -0.497 e. The molecule has 0 saturated carbocycles. The van der Waals surface area contributed by atoms with Crippen molar-refractivity contribution in [2.24, 2.45) is 0 Å². The Kier molecular flexibility index (Phi) is 5.31. The zero-order valence-electron chi connectivity index (χ0n) is 14.4. The van der Waals surface area contributed by atoms with Gasteiger partial charge in [-0.25, -0.2) is 5.48 Å². The highest BCUT2D eigenvalue weighted by Gasteiger charge is 2.15. The third-order valence-corrected chi connectivity index (χ3v) is 4.22. The van der Waals surface area contributed by atoms with Crippen molar-refractivity contribution in [2.45, 2.75) is 19.4 Å². The molecule has 0 spiro atoms. The van der Waals surface area contributed by atoms with E-state index in [0.717, 1.165) is 27.6 Å². The Morgan fingerprint density at radius 3 is 2.48 bits per heavy atom. The second-order valence-corrected chi connectivity index (χ2v) is 5.93. The molecule has 3 aromatic rings. The van der Waals surface area contributed by atoms with E-state index in [1.165, 1.54) is 0 Å². The van der Waals surface area contributed by atoms with Gasteiger partial charge in [0.2, 0.25) is 0 Å². The minimum absolute atomic E-state index is 0.163. The van der Waals surface area contributed by atoms with E-state index in [0.29, 0.717) is 6.61 Å². The van der Waals surface area contributed by atoms with E-state index >= 15 is 0 Å². The fourth-order valence-electron chi connectivity index (χ4n) is 2.64. The van der Waals surface area contributed by atoms with Gasteiger partial charge in [0.15, 0.2) is 0 Å². The van der Waals surface area contributed by atoms with Gasteiger partial charge in [-0.05, 0) is 41.0 Å². The number of ether oxygens (including phenoxy) is 1. The van der Waals surface area contributed by atoms with Gasteiger partial charge in [-0.3, -0.25) is 9.63 Å². The third kappa shape index (κ3) is 4.17. The van der Waals surface area contributed by atoms with E-state index in [1.54, 1.807) is 7.11 Å². The first-order valence-electron chi connectivity index (χ1n) is 8.20. The van der Waals surface area contributed by atoms with Gasteiger partial charge in [-0.1, -0.05) is 54.6 Å². The number of hydrogen-bond donors (Lipinski definition) is 1. The van der Waals surface area contributed by atoms with Gasteiger partial charge in [0.1, 0.15) is 5.75 Å². The number of rotatable bonds is 6. The fraction of sp³-hybridized carbons (Fsp3) is 0.190. The highest BCUT2D eigenvalue weighted by Crippen LogP contribution is 2.25. The van der Waals surface area contributed by atoms with Crippen LogP contribution in [0.4, 0.5) is 0 Å². The van der Waals surface area contributed by atoms with Crippen LogP contribution < -0.4 is 10.2 Å². The number of carbonyl (C=O) groups excluding carboxylic acids is 1. The monoisotopic (exact) mass is 335 g/mol. The molecule has 1 amide bonds. The van der Waals surface area contributed by atoms with Crippen LogP contribution in [-0.2, 0) is 16.2 Å². The number of fused-ring (bicyclic) bond motifs is 1.